The molecule has 170 valence electrons. The number of amides is 3. The second-order valence-electron chi connectivity index (χ2n) is 7.39. The summed E-state index contributed by atoms with van der Waals surface area (Å²) < 4.78 is 16.1. The minimum absolute atomic E-state index is 0.00383. The molecule has 0 fully saturated rings. The van der Waals surface area contributed by atoms with Gasteiger partial charge < -0.3 is 29.0 Å². The summed E-state index contributed by atoms with van der Waals surface area (Å²) in [6.45, 7) is 6.94. The van der Waals surface area contributed by atoms with Gasteiger partial charge >= 0.3 is 6.03 Å². The molecule has 8 heteroatoms. The van der Waals surface area contributed by atoms with E-state index < -0.39 is 0 Å². The van der Waals surface area contributed by atoms with Crippen LogP contribution in [0.1, 0.15) is 32.1 Å². The molecule has 0 atom stereocenters. The van der Waals surface area contributed by atoms with E-state index in [1.54, 1.807) is 31.4 Å². The molecule has 0 aliphatic carbocycles. The predicted octanol–water partition coefficient (Wildman–Crippen LogP) is 3.31. The van der Waals surface area contributed by atoms with E-state index in [0.717, 1.165) is 5.56 Å². The van der Waals surface area contributed by atoms with Gasteiger partial charge in [-0.1, -0.05) is 6.07 Å². The Morgan fingerprint density at radius 2 is 1.87 bits per heavy atom. The van der Waals surface area contributed by atoms with Crippen molar-refractivity contribution in [1.29, 1.82) is 0 Å². The second-order valence-corrected chi connectivity index (χ2v) is 7.39. The molecule has 31 heavy (non-hydrogen) atoms. The van der Waals surface area contributed by atoms with E-state index in [1.807, 2.05) is 45.0 Å². The van der Waals surface area contributed by atoms with Gasteiger partial charge in [0.15, 0.2) is 11.5 Å². The first-order valence-corrected chi connectivity index (χ1v) is 10.4. The summed E-state index contributed by atoms with van der Waals surface area (Å²) in [5.74, 6) is 1.85. The summed E-state index contributed by atoms with van der Waals surface area (Å²) >= 11 is 0. The van der Waals surface area contributed by atoms with Gasteiger partial charge in [0.25, 0.3) is 0 Å². The summed E-state index contributed by atoms with van der Waals surface area (Å²) in [7, 11) is 3.19. The van der Waals surface area contributed by atoms with Crippen molar-refractivity contribution in [3.05, 3.63) is 47.9 Å². The lowest BCUT2D eigenvalue weighted by Crippen LogP contribution is -2.49. The summed E-state index contributed by atoms with van der Waals surface area (Å²) in [4.78, 5) is 28.8. The van der Waals surface area contributed by atoms with Crippen LogP contribution in [0.15, 0.2) is 41.0 Å². The lowest BCUT2D eigenvalue weighted by molar-refractivity contribution is -0.133. The monoisotopic (exact) mass is 431 g/mol. The lowest BCUT2D eigenvalue weighted by atomic mass is 10.1. The highest BCUT2D eigenvalue weighted by molar-refractivity contribution is 5.84. The first-order chi connectivity index (χ1) is 14.9. The van der Waals surface area contributed by atoms with Crippen LogP contribution in [0.4, 0.5) is 4.79 Å². The third-order valence-electron chi connectivity index (χ3n) is 4.92. The zero-order valence-corrected chi connectivity index (χ0v) is 19.0. The van der Waals surface area contributed by atoms with Crippen LogP contribution < -0.4 is 14.8 Å². The molecule has 0 radical (unpaired) electrons. The van der Waals surface area contributed by atoms with Crippen LogP contribution in [0.2, 0.25) is 0 Å². The molecule has 1 heterocycles. The van der Waals surface area contributed by atoms with Crippen molar-refractivity contribution in [2.45, 2.75) is 39.8 Å². The standard InChI is InChI=1S/C23H33N3O5/c1-6-24-23(28)26(17(2)3)16-22(27)25(15-19-8-7-13-31-19)12-11-18-9-10-20(29-4)21(14-18)30-5/h7-10,13-14,17H,6,11-12,15-16H2,1-5H3,(H,24,28). The van der Waals surface area contributed by atoms with Gasteiger partial charge in [0.1, 0.15) is 12.3 Å². The lowest BCUT2D eigenvalue weighted by Gasteiger charge is -2.29. The average molecular weight is 432 g/mol. The Hall–Kier alpha value is -3.16. The average Bonchev–Trinajstić information content (AvgIpc) is 3.27. The third kappa shape index (κ3) is 6.94. The Morgan fingerprint density at radius 3 is 2.45 bits per heavy atom. The molecule has 3 amide bonds. The van der Waals surface area contributed by atoms with E-state index in [4.69, 9.17) is 13.9 Å². The number of carbonyl (C=O) groups is 2. The van der Waals surface area contributed by atoms with Crippen molar-refractivity contribution in [1.82, 2.24) is 15.1 Å². The fourth-order valence-corrected chi connectivity index (χ4v) is 3.17. The van der Waals surface area contributed by atoms with Gasteiger partial charge in [0, 0.05) is 19.1 Å². The number of hydrogen-bond donors (Lipinski definition) is 1. The number of carbonyl (C=O) groups excluding carboxylic acids is 2. The van der Waals surface area contributed by atoms with E-state index in [-0.39, 0.29) is 24.5 Å². The number of benzene rings is 1. The molecule has 1 aromatic heterocycles. The van der Waals surface area contributed by atoms with Gasteiger partial charge in [-0.15, -0.1) is 0 Å². The highest BCUT2D eigenvalue weighted by Crippen LogP contribution is 2.27. The molecule has 1 N–H and O–H groups in total. The molecule has 0 unspecified atom stereocenters. The number of ether oxygens (including phenoxy) is 2. The van der Waals surface area contributed by atoms with Gasteiger partial charge in [0.05, 0.1) is 27.0 Å². The van der Waals surface area contributed by atoms with Crippen molar-refractivity contribution in [2.75, 3.05) is 33.9 Å². The molecule has 0 saturated carbocycles. The van der Waals surface area contributed by atoms with Crippen molar-refractivity contribution >= 4 is 11.9 Å². The molecule has 1 aromatic carbocycles. The minimum atomic E-state index is -0.247. The first kappa shape index (κ1) is 24.1. The number of nitrogens with zero attached hydrogens (tertiary/aromatic N) is 2. The van der Waals surface area contributed by atoms with E-state index >= 15 is 0 Å². The van der Waals surface area contributed by atoms with Crippen molar-refractivity contribution < 1.29 is 23.5 Å². The van der Waals surface area contributed by atoms with E-state index in [9.17, 15) is 9.59 Å². The molecule has 0 bridgehead atoms. The van der Waals surface area contributed by atoms with E-state index in [1.165, 1.54) is 4.90 Å². The van der Waals surface area contributed by atoms with Crippen LogP contribution in [0.25, 0.3) is 0 Å². The van der Waals surface area contributed by atoms with E-state index in [2.05, 4.69) is 5.32 Å². The number of hydrogen-bond acceptors (Lipinski definition) is 5. The Balaban J connectivity index is 2.14. The van der Waals surface area contributed by atoms with Gasteiger partial charge in [-0.2, -0.15) is 0 Å². The topological polar surface area (TPSA) is 84.3 Å². The first-order valence-electron chi connectivity index (χ1n) is 10.4. The molecule has 0 spiro atoms. The van der Waals surface area contributed by atoms with Gasteiger partial charge in [-0.25, -0.2) is 4.79 Å². The largest absolute Gasteiger partial charge is 0.493 e. The zero-order valence-electron chi connectivity index (χ0n) is 19.0. The SMILES string of the molecule is CCNC(=O)N(CC(=O)N(CCc1ccc(OC)c(OC)c1)Cc1ccco1)C(C)C. The summed E-state index contributed by atoms with van der Waals surface area (Å²) in [6.07, 6.45) is 2.21. The number of rotatable bonds is 11. The number of furan rings is 1. The maximum atomic E-state index is 13.2. The summed E-state index contributed by atoms with van der Waals surface area (Å²) in [5.41, 5.74) is 1.01. The van der Waals surface area contributed by atoms with Gasteiger partial charge in [-0.3, -0.25) is 4.79 Å². The predicted molar refractivity (Wildman–Crippen MR) is 118 cm³/mol. The van der Waals surface area contributed by atoms with Gasteiger partial charge in [0.2, 0.25) is 5.91 Å². The fraction of sp³-hybridized carbons (Fsp3) is 0.478. The molecular weight excluding hydrogens is 398 g/mol. The summed E-state index contributed by atoms with van der Waals surface area (Å²) in [5, 5.41) is 2.77. The molecule has 0 saturated heterocycles. The molecule has 2 rings (SSSR count). The van der Waals surface area contributed by atoms with Crippen molar-refractivity contribution in [3.63, 3.8) is 0 Å². The van der Waals surface area contributed by atoms with Crippen LogP contribution in [0.3, 0.4) is 0 Å². The van der Waals surface area contributed by atoms with Crippen LogP contribution >= 0.6 is 0 Å². The van der Waals surface area contributed by atoms with Crippen LogP contribution in [0.5, 0.6) is 11.5 Å². The second kappa shape index (κ2) is 11.9. The molecule has 0 aliphatic heterocycles. The number of nitrogens with one attached hydrogen (secondary N) is 1. The highest BCUT2D eigenvalue weighted by atomic mass is 16.5. The smallest absolute Gasteiger partial charge is 0.318 e. The fourth-order valence-electron chi connectivity index (χ4n) is 3.17. The minimum Gasteiger partial charge on any atom is -0.493 e. The quantitative estimate of drug-likeness (QED) is 0.590. The zero-order chi connectivity index (χ0) is 22.8. The maximum Gasteiger partial charge on any atom is 0.318 e. The van der Waals surface area contributed by atoms with Crippen molar-refractivity contribution in [3.8, 4) is 11.5 Å². The van der Waals surface area contributed by atoms with E-state index in [0.29, 0.717) is 43.3 Å². The normalized spacial score (nSPS) is 10.6. The van der Waals surface area contributed by atoms with Crippen molar-refractivity contribution in [2.24, 2.45) is 0 Å². The Labute approximate surface area is 184 Å². The Morgan fingerprint density at radius 1 is 1.13 bits per heavy atom. The maximum absolute atomic E-state index is 13.2. The van der Waals surface area contributed by atoms with Gasteiger partial charge in [-0.05, 0) is 57.0 Å². The highest BCUT2D eigenvalue weighted by Gasteiger charge is 2.24. The van der Waals surface area contributed by atoms with Crippen LogP contribution in [0, 0.1) is 0 Å². The molecule has 0 aliphatic rings. The number of urea groups is 1. The molecular formula is C23H33N3O5. The number of methoxy groups -OCH3 is 2. The van der Waals surface area contributed by atoms with Crippen LogP contribution in [-0.2, 0) is 17.8 Å². The molecule has 2 aromatic rings. The third-order valence-corrected chi connectivity index (χ3v) is 4.92. The Kier molecular flexibility index (Phi) is 9.24. The summed E-state index contributed by atoms with van der Waals surface area (Å²) in [6, 6.07) is 8.98. The van der Waals surface area contributed by atoms with Crippen LogP contribution in [-0.4, -0.2) is 61.6 Å². The Bertz CT molecular complexity index is 836. The molecule has 8 nitrogen and oxygen atoms in total.